The van der Waals surface area contributed by atoms with Gasteiger partial charge in [0.2, 0.25) is 10.0 Å². The summed E-state index contributed by atoms with van der Waals surface area (Å²) in [5, 5.41) is 2.45. The maximum absolute atomic E-state index is 12.1. The predicted molar refractivity (Wildman–Crippen MR) is 83.8 cm³/mol. The summed E-state index contributed by atoms with van der Waals surface area (Å²) in [6, 6.07) is 1.71. The number of aryl methyl sites for hydroxylation is 3. The van der Waals surface area contributed by atoms with Crippen LogP contribution in [0.3, 0.4) is 0 Å². The molecule has 0 radical (unpaired) electrons. The van der Waals surface area contributed by atoms with Crippen LogP contribution in [0, 0.1) is 13.8 Å². The van der Waals surface area contributed by atoms with Crippen LogP contribution in [-0.2, 0) is 16.4 Å². The summed E-state index contributed by atoms with van der Waals surface area (Å²) in [6.45, 7) is 4.13. The van der Waals surface area contributed by atoms with E-state index in [1.165, 1.54) is 22.7 Å². The summed E-state index contributed by atoms with van der Waals surface area (Å²) in [5.74, 6) is 0. The first-order valence-corrected chi connectivity index (χ1v) is 9.33. The number of thiazole rings is 1. The minimum atomic E-state index is -3.40. The Kier molecular flexibility index (Phi) is 4.79. The Balaban J connectivity index is 1.88. The highest BCUT2D eigenvalue weighted by Crippen LogP contribution is 2.24. The quantitative estimate of drug-likeness (QED) is 0.796. The van der Waals surface area contributed by atoms with E-state index in [1.54, 1.807) is 6.07 Å². The van der Waals surface area contributed by atoms with E-state index in [2.05, 4.69) is 9.71 Å². The minimum Gasteiger partial charge on any atom is -0.375 e. The Bertz CT molecular complexity index is 689. The van der Waals surface area contributed by atoms with Gasteiger partial charge in [-0.2, -0.15) is 0 Å². The lowest BCUT2D eigenvalue weighted by atomic mass is 10.2. The largest absolute Gasteiger partial charge is 0.375 e. The van der Waals surface area contributed by atoms with E-state index in [1.807, 2.05) is 19.2 Å². The molecule has 2 heterocycles. The van der Waals surface area contributed by atoms with Crippen molar-refractivity contribution >= 4 is 37.8 Å². The molecule has 0 bridgehead atoms. The SMILES string of the molecule is Cc1cc(S(=O)(=O)NCCCc2csc(N)n2)c(C)s1. The van der Waals surface area contributed by atoms with Crippen molar-refractivity contribution in [1.82, 2.24) is 9.71 Å². The molecule has 0 unspecified atom stereocenters. The zero-order valence-corrected chi connectivity index (χ0v) is 13.8. The third-order valence-corrected chi connectivity index (χ3v) is 6.16. The third kappa shape index (κ3) is 3.78. The molecule has 3 N–H and O–H groups in total. The second-order valence-corrected chi connectivity index (χ2v) is 8.54. The molecule has 0 saturated heterocycles. The van der Waals surface area contributed by atoms with Crippen molar-refractivity contribution in [1.29, 1.82) is 0 Å². The van der Waals surface area contributed by atoms with Gasteiger partial charge in [0.15, 0.2) is 5.13 Å². The number of rotatable bonds is 6. The average molecular weight is 331 g/mol. The molecule has 0 amide bonds. The Labute approximate surface area is 126 Å². The fraction of sp³-hybridized carbons (Fsp3) is 0.417. The van der Waals surface area contributed by atoms with E-state index in [0.29, 0.717) is 23.0 Å². The predicted octanol–water partition coefficient (Wildman–Crippen LogP) is 2.31. The minimum absolute atomic E-state index is 0.387. The van der Waals surface area contributed by atoms with Crippen LogP contribution < -0.4 is 10.5 Å². The molecule has 0 aliphatic carbocycles. The van der Waals surface area contributed by atoms with Gasteiger partial charge in [0, 0.05) is 21.7 Å². The van der Waals surface area contributed by atoms with Gasteiger partial charge in [-0.3, -0.25) is 0 Å². The van der Waals surface area contributed by atoms with Crippen LogP contribution in [-0.4, -0.2) is 19.9 Å². The van der Waals surface area contributed by atoms with Crippen molar-refractivity contribution in [3.63, 3.8) is 0 Å². The molecule has 0 aromatic carbocycles. The molecular formula is C12H17N3O2S3. The number of aromatic nitrogens is 1. The van der Waals surface area contributed by atoms with Crippen LogP contribution in [0.1, 0.15) is 21.9 Å². The van der Waals surface area contributed by atoms with Gasteiger partial charge < -0.3 is 5.73 Å². The molecule has 0 saturated carbocycles. The van der Waals surface area contributed by atoms with Gasteiger partial charge in [0.25, 0.3) is 0 Å². The van der Waals surface area contributed by atoms with E-state index in [4.69, 9.17) is 5.73 Å². The molecule has 2 aromatic heterocycles. The Morgan fingerprint density at radius 3 is 2.70 bits per heavy atom. The number of nitrogen functional groups attached to an aromatic ring is 1. The summed E-state index contributed by atoms with van der Waals surface area (Å²) in [6.07, 6.45) is 1.42. The molecule has 2 rings (SSSR count). The Morgan fingerprint density at radius 1 is 1.40 bits per heavy atom. The van der Waals surface area contributed by atoms with Crippen molar-refractivity contribution in [3.05, 3.63) is 26.9 Å². The van der Waals surface area contributed by atoms with Crippen LogP contribution >= 0.6 is 22.7 Å². The van der Waals surface area contributed by atoms with Crippen LogP contribution in [0.25, 0.3) is 0 Å². The highest BCUT2D eigenvalue weighted by Gasteiger charge is 2.18. The van der Waals surface area contributed by atoms with Crippen molar-refractivity contribution in [2.45, 2.75) is 31.6 Å². The molecule has 8 heteroatoms. The van der Waals surface area contributed by atoms with Crippen LogP contribution in [0.2, 0.25) is 0 Å². The Morgan fingerprint density at radius 2 is 2.15 bits per heavy atom. The standard InChI is InChI=1S/C12H17N3O2S3/c1-8-6-11(9(2)19-8)20(16,17)14-5-3-4-10-7-18-12(13)15-10/h6-7,14H,3-5H2,1-2H3,(H2,13,15). The zero-order valence-electron chi connectivity index (χ0n) is 11.3. The number of sulfonamides is 1. The number of hydrogen-bond donors (Lipinski definition) is 2. The zero-order chi connectivity index (χ0) is 14.8. The van der Waals surface area contributed by atoms with E-state index < -0.39 is 10.0 Å². The Hall–Kier alpha value is -0.960. The summed E-state index contributed by atoms with van der Waals surface area (Å²) in [5.41, 5.74) is 6.46. The highest BCUT2D eigenvalue weighted by molar-refractivity contribution is 7.89. The number of nitrogens with one attached hydrogen (secondary N) is 1. The molecule has 0 fully saturated rings. The van der Waals surface area contributed by atoms with Crippen LogP contribution in [0.15, 0.2) is 16.3 Å². The van der Waals surface area contributed by atoms with Gasteiger partial charge in [-0.15, -0.1) is 22.7 Å². The lowest BCUT2D eigenvalue weighted by Gasteiger charge is -2.05. The molecule has 5 nitrogen and oxygen atoms in total. The van der Waals surface area contributed by atoms with Crippen molar-refractivity contribution in [3.8, 4) is 0 Å². The number of anilines is 1. The van der Waals surface area contributed by atoms with Gasteiger partial charge in [0.1, 0.15) is 0 Å². The first-order chi connectivity index (χ1) is 9.38. The number of nitrogens with two attached hydrogens (primary N) is 1. The van der Waals surface area contributed by atoms with Crippen molar-refractivity contribution in [2.24, 2.45) is 0 Å². The third-order valence-electron chi connectivity index (χ3n) is 2.76. The maximum Gasteiger partial charge on any atom is 0.241 e. The monoisotopic (exact) mass is 331 g/mol. The number of nitrogens with zero attached hydrogens (tertiary/aromatic N) is 1. The fourth-order valence-corrected chi connectivity index (χ4v) is 5.09. The van der Waals surface area contributed by atoms with E-state index in [9.17, 15) is 8.42 Å². The second-order valence-electron chi connectivity index (χ2n) is 4.46. The average Bonchev–Trinajstić information content (AvgIpc) is 2.91. The summed E-state index contributed by atoms with van der Waals surface area (Å²) in [4.78, 5) is 6.35. The maximum atomic E-state index is 12.1. The first-order valence-electron chi connectivity index (χ1n) is 6.15. The van der Waals surface area contributed by atoms with Gasteiger partial charge in [-0.25, -0.2) is 18.1 Å². The van der Waals surface area contributed by atoms with Crippen molar-refractivity contribution < 1.29 is 8.42 Å². The lowest BCUT2D eigenvalue weighted by Crippen LogP contribution is -2.25. The number of thiophene rings is 1. The van der Waals surface area contributed by atoms with E-state index in [0.717, 1.165) is 21.9 Å². The smallest absolute Gasteiger partial charge is 0.241 e. The topological polar surface area (TPSA) is 85.1 Å². The molecule has 20 heavy (non-hydrogen) atoms. The second kappa shape index (κ2) is 6.21. The molecule has 110 valence electrons. The molecule has 0 aliphatic heterocycles. The molecular weight excluding hydrogens is 314 g/mol. The van der Waals surface area contributed by atoms with E-state index in [-0.39, 0.29) is 0 Å². The van der Waals surface area contributed by atoms with Gasteiger partial charge in [-0.05, 0) is 32.8 Å². The van der Waals surface area contributed by atoms with Crippen LogP contribution in [0.5, 0.6) is 0 Å². The molecule has 0 atom stereocenters. The summed E-state index contributed by atoms with van der Waals surface area (Å²) in [7, 11) is -3.40. The fourth-order valence-electron chi connectivity index (χ4n) is 1.87. The lowest BCUT2D eigenvalue weighted by molar-refractivity contribution is 0.578. The number of hydrogen-bond acceptors (Lipinski definition) is 6. The normalized spacial score (nSPS) is 11.9. The van der Waals surface area contributed by atoms with Gasteiger partial charge >= 0.3 is 0 Å². The molecule has 0 aliphatic rings. The summed E-state index contributed by atoms with van der Waals surface area (Å²) < 4.78 is 26.9. The van der Waals surface area contributed by atoms with Crippen LogP contribution in [0.4, 0.5) is 5.13 Å². The van der Waals surface area contributed by atoms with Gasteiger partial charge in [-0.1, -0.05) is 0 Å². The molecule has 2 aromatic rings. The van der Waals surface area contributed by atoms with E-state index >= 15 is 0 Å². The van der Waals surface area contributed by atoms with Crippen molar-refractivity contribution in [2.75, 3.05) is 12.3 Å². The summed E-state index contributed by atoms with van der Waals surface area (Å²) >= 11 is 2.89. The highest BCUT2D eigenvalue weighted by atomic mass is 32.2. The molecule has 0 spiro atoms. The van der Waals surface area contributed by atoms with Gasteiger partial charge in [0.05, 0.1) is 10.6 Å². The first kappa shape index (κ1) is 15.4.